The molecule has 7 heteroatoms. The zero-order chi connectivity index (χ0) is 19.4. The summed E-state index contributed by atoms with van der Waals surface area (Å²) < 4.78 is 1.09. The summed E-state index contributed by atoms with van der Waals surface area (Å²) in [5.41, 5.74) is 1.89. The van der Waals surface area contributed by atoms with E-state index in [0.717, 1.165) is 15.7 Å². The van der Waals surface area contributed by atoms with E-state index in [9.17, 15) is 9.59 Å². The molecular weight excluding hydrogens is 473 g/mol. The van der Waals surface area contributed by atoms with Crippen molar-refractivity contribution in [3.63, 3.8) is 0 Å². The largest absolute Gasteiger partial charge is 0.336 e. The fourth-order valence-corrected chi connectivity index (χ4v) is 3.71. The number of hydrogen-bond acceptors (Lipinski definition) is 3. The molecule has 1 fully saturated rings. The number of rotatable bonds is 6. The molecule has 2 aromatic carbocycles. The third-order valence-corrected chi connectivity index (χ3v) is 5.74. The summed E-state index contributed by atoms with van der Waals surface area (Å²) in [5.74, 6) is -0.330. The Bertz CT molecular complexity index is 842. The molecule has 1 atom stereocenters. The van der Waals surface area contributed by atoms with E-state index in [4.69, 9.17) is 12.2 Å². The van der Waals surface area contributed by atoms with Crippen molar-refractivity contribution >= 4 is 57.4 Å². The highest BCUT2D eigenvalue weighted by molar-refractivity contribution is 14.1. The van der Waals surface area contributed by atoms with Crippen LogP contribution in [0.1, 0.15) is 12.0 Å². The molecule has 1 saturated heterocycles. The number of nitrogens with zero attached hydrogens (tertiary/aromatic N) is 2. The van der Waals surface area contributed by atoms with Gasteiger partial charge in [-0.25, -0.2) is 0 Å². The second kappa shape index (κ2) is 8.79. The highest BCUT2D eigenvalue weighted by Gasteiger charge is 2.41. The fraction of sp³-hybridized carbons (Fsp3) is 0.250. The molecule has 0 aliphatic carbocycles. The van der Waals surface area contributed by atoms with Gasteiger partial charge in [0.1, 0.15) is 6.04 Å². The lowest BCUT2D eigenvalue weighted by Crippen LogP contribution is -2.39. The summed E-state index contributed by atoms with van der Waals surface area (Å²) in [6.45, 7) is 0.598. The Labute approximate surface area is 177 Å². The topological polar surface area (TPSA) is 52.7 Å². The summed E-state index contributed by atoms with van der Waals surface area (Å²) in [4.78, 5) is 28.4. The number of carbonyl (C=O) groups excluding carboxylic acids is 2. The first kappa shape index (κ1) is 19.8. The normalized spacial score (nSPS) is 16.7. The predicted molar refractivity (Wildman–Crippen MR) is 118 cm³/mol. The van der Waals surface area contributed by atoms with E-state index < -0.39 is 6.04 Å². The van der Waals surface area contributed by atoms with Crippen molar-refractivity contribution < 1.29 is 9.59 Å². The van der Waals surface area contributed by atoms with Gasteiger partial charge < -0.3 is 10.2 Å². The molecule has 0 radical (unpaired) electrons. The molecule has 0 bridgehead atoms. The lowest BCUT2D eigenvalue weighted by Gasteiger charge is -2.23. The molecule has 1 unspecified atom stereocenters. The number of thiocarbonyl (C=S) groups is 1. The summed E-state index contributed by atoms with van der Waals surface area (Å²) >= 11 is 7.64. The van der Waals surface area contributed by atoms with Crippen LogP contribution in [0.25, 0.3) is 0 Å². The van der Waals surface area contributed by atoms with Crippen molar-refractivity contribution in [3.8, 4) is 0 Å². The predicted octanol–water partition coefficient (Wildman–Crippen LogP) is 3.29. The first-order valence-corrected chi connectivity index (χ1v) is 10.1. The average molecular weight is 493 g/mol. The molecule has 5 nitrogen and oxygen atoms in total. The maximum atomic E-state index is 12.6. The van der Waals surface area contributed by atoms with Crippen molar-refractivity contribution in [1.29, 1.82) is 0 Å². The van der Waals surface area contributed by atoms with Gasteiger partial charge >= 0.3 is 0 Å². The first-order valence-electron chi connectivity index (χ1n) is 8.63. The summed E-state index contributed by atoms with van der Waals surface area (Å²) in [6.07, 6.45) is 0.835. The Morgan fingerprint density at radius 1 is 1.15 bits per heavy atom. The van der Waals surface area contributed by atoms with Crippen LogP contribution in [-0.2, 0) is 16.0 Å². The van der Waals surface area contributed by atoms with Gasteiger partial charge in [-0.2, -0.15) is 0 Å². The van der Waals surface area contributed by atoms with Gasteiger partial charge in [-0.05, 0) is 71.1 Å². The van der Waals surface area contributed by atoms with E-state index in [0.29, 0.717) is 11.7 Å². The lowest BCUT2D eigenvalue weighted by atomic mass is 10.1. The molecule has 1 aliphatic rings. The lowest BCUT2D eigenvalue weighted by molar-refractivity contribution is -0.130. The van der Waals surface area contributed by atoms with Crippen LogP contribution in [0, 0.1) is 3.57 Å². The monoisotopic (exact) mass is 493 g/mol. The van der Waals surface area contributed by atoms with E-state index in [2.05, 4.69) is 27.9 Å². The van der Waals surface area contributed by atoms with Crippen LogP contribution >= 0.6 is 34.8 Å². The van der Waals surface area contributed by atoms with Crippen LogP contribution < -0.4 is 5.32 Å². The van der Waals surface area contributed by atoms with E-state index in [1.165, 1.54) is 10.5 Å². The minimum absolute atomic E-state index is 0.0735. The van der Waals surface area contributed by atoms with Gasteiger partial charge in [-0.3, -0.25) is 14.5 Å². The molecule has 27 heavy (non-hydrogen) atoms. The van der Waals surface area contributed by atoms with Crippen molar-refractivity contribution in [3.05, 3.63) is 63.7 Å². The Morgan fingerprint density at radius 3 is 2.48 bits per heavy atom. The van der Waals surface area contributed by atoms with Crippen LogP contribution in [-0.4, -0.2) is 46.4 Å². The molecule has 2 amide bonds. The van der Waals surface area contributed by atoms with Crippen LogP contribution in [0.4, 0.5) is 5.69 Å². The van der Waals surface area contributed by atoms with Gasteiger partial charge in [-0.15, -0.1) is 0 Å². The molecule has 0 spiro atoms. The summed E-state index contributed by atoms with van der Waals surface area (Å²) in [5, 5.41) is 3.33. The second-order valence-electron chi connectivity index (χ2n) is 6.38. The minimum Gasteiger partial charge on any atom is -0.336 e. The Kier molecular flexibility index (Phi) is 6.43. The quantitative estimate of drug-likeness (QED) is 0.496. The van der Waals surface area contributed by atoms with Crippen molar-refractivity contribution in [2.75, 3.05) is 18.9 Å². The molecule has 3 rings (SSSR count). The number of benzene rings is 2. The number of halogens is 1. The van der Waals surface area contributed by atoms with E-state index in [1.807, 2.05) is 59.5 Å². The maximum absolute atomic E-state index is 12.6. The first-order chi connectivity index (χ1) is 13.0. The van der Waals surface area contributed by atoms with Crippen LogP contribution in [0.15, 0.2) is 54.6 Å². The standard InChI is InChI=1S/C20H20IN3O2S/c1-23-19(26)17(13-18(25)22-16-9-7-15(21)8-10-16)24(20(23)27)12-11-14-5-3-2-4-6-14/h2-10,17H,11-13H2,1H3,(H,22,25). The van der Waals surface area contributed by atoms with Crippen molar-refractivity contribution in [2.24, 2.45) is 0 Å². The number of amides is 2. The summed E-state index contributed by atoms with van der Waals surface area (Å²) in [6, 6.07) is 17.0. The van der Waals surface area contributed by atoms with E-state index in [-0.39, 0.29) is 18.2 Å². The van der Waals surface area contributed by atoms with E-state index in [1.54, 1.807) is 7.05 Å². The number of hydrogen-bond donors (Lipinski definition) is 1. The smallest absolute Gasteiger partial charge is 0.251 e. The minimum atomic E-state index is -0.560. The molecule has 1 aliphatic heterocycles. The average Bonchev–Trinajstić information content (AvgIpc) is 2.86. The third kappa shape index (κ3) is 4.84. The van der Waals surface area contributed by atoms with Crippen LogP contribution in [0.5, 0.6) is 0 Å². The highest BCUT2D eigenvalue weighted by atomic mass is 127. The van der Waals surface area contributed by atoms with Gasteiger partial charge in [0, 0.05) is 22.8 Å². The van der Waals surface area contributed by atoms with Gasteiger partial charge in [0.15, 0.2) is 5.11 Å². The second-order valence-corrected chi connectivity index (χ2v) is 7.99. The number of carbonyl (C=O) groups is 2. The molecule has 0 saturated carbocycles. The Morgan fingerprint density at radius 2 is 1.81 bits per heavy atom. The highest BCUT2D eigenvalue weighted by Crippen LogP contribution is 2.21. The Hall–Kier alpha value is -2.00. The van der Waals surface area contributed by atoms with Crippen LogP contribution in [0.2, 0.25) is 0 Å². The van der Waals surface area contributed by atoms with E-state index >= 15 is 0 Å². The molecule has 140 valence electrons. The zero-order valence-corrected chi connectivity index (χ0v) is 17.9. The van der Waals surface area contributed by atoms with Gasteiger partial charge in [0.05, 0.1) is 6.42 Å². The molecule has 2 aromatic rings. The SMILES string of the molecule is CN1C(=O)C(CC(=O)Nc2ccc(I)cc2)N(CCc2ccccc2)C1=S. The summed E-state index contributed by atoms with van der Waals surface area (Å²) in [7, 11) is 1.66. The molecule has 0 aromatic heterocycles. The number of anilines is 1. The van der Waals surface area contributed by atoms with Gasteiger partial charge in [0.2, 0.25) is 5.91 Å². The molecular formula is C20H20IN3O2S. The van der Waals surface area contributed by atoms with Crippen LogP contribution in [0.3, 0.4) is 0 Å². The number of likely N-dealkylation sites (N-methyl/N-ethyl adjacent to an activating group) is 1. The molecule has 1 heterocycles. The van der Waals surface area contributed by atoms with Crippen molar-refractivity contribution in [1.82, 2.24) is 9.80 Å². The fourth-order valence-electron chi connectivity index (χ4n) is 3.04. The maximum Gasteiger partial charge on any atom is 0.251 e. The van der Waals surface area contributed by atoms with Gasteiger partial charge in [0.25, 0.3) is 5.91 Å². The van der Waals surface area contributed by atoms with Gasteiger partial charge in [-0.1, -0.05) is 30.3 Å². The number of nitrogens with one attached hydrogen (secondary N) is 1. The molecule has 1 N–H and O–H groups in total. The zero-order valence-electron chi connectivity index (χ0n) is 14.9. The van der Waals surface area contributed by atoms with Crippen molar-refractivity contribution in [2.45, 2.75) is 18.9 Å². The third-order valence-electron chi connectivity index (χ3n) is 4.52. The Balaban J connectivity index is 1.66.